The van der Waals surface area contributed by atoms with Crippen molar-refractivity contribution in [3.63, 3.8) is 0 Å². The van der Waals surface area contributed by atoms with Crippen molar-refractivity contribution < 1.29 is 19.2 Å². The van der Waals surface area contributed by atoms with Crippen LogP contribution in [0.3, 0.4) is 0 Å². The molecule has 0 aromatic heterocycles. The van der Waals surface area contributed by atoms with E-state index in [0.29, 0.717) is 16.9 Å². The third-order valence-corrected chi connectivity index (χ3v) is 2.79. The summed E-state index contributed by atoms with van der Waals surface area (Å²) in [6.07, 6.45) is 2.15. The molecule has 0 aliphatic heterocycles. The van der Waals surface area contributed by atoms with Crippen LogP contribution in [0.25, 0.3) is 6.08 Å². The van der Waals surface area contributed by atoms with E-state index < -0.39 is 10.9 Å². The van der Waals surface area contributed by atoms with Gasteiger partial charge in [0.15, 0.2) is 11.5 Å². The molecule has 2 aromatic carbocycles. The predicted octanol–water partition coefficient (Wildman–Crippen LogP) is 3.16. The van der Waals surface area contributed by atoms with Crippen molar-refractivity contribution in [3.05, 3.63) is 76.0 Å². The standard InChI is InChI=1S/C16H13NO5/c1-21-15-11-12(9-10-17(19)20)7-8-14(15)22-16(18)13-5-3-2-4-6-13/h2-11H,1H3/b10-9+. The molecule has 0 aliphatic rings. The summed E-state index contributed by atoms with van der Waals surface area (Å²) in [6.45, 7) is 0. The fourth-order valence-electron chi connectivity index (χ4n) is 1.75. The predicted molar refractivity (Wildman–Crippen MR) is 80.4 cm³/mol. The van der Waals surface area contributed by atoms with Gasteiger partial charge in [0, 0.05) is 6.08 Å². The highest BCUT2D eigenvalue weighted by Crippen LogP contribution is 2.29. The van der Waals surface area contributed by atoms with Gasteiger partial charge in [0.2, 0.25) is 6.20 Å². The van der Waals surface area contributed by atoms with E-state index in [1.165, 1.54) is 19.3 Å². The monoisotopic (exact) mass is 299 g/mol. The van der Waals surface area contributed by atoms with Crippen LogP contribution in [0.15, 0.2) is 54.7 Å². The first-order valence-corrected chi connectivity index (χ1v) is 6.37. The number of carbonyl (C=O) groups is 1. The molecular formula is C16H13NO5. The fourth-order valence-corrected chi connectivity index (χ4v) is 1.75. The summed E-state index contributed by atoms with van der Waals surface area (Å²) in [5.41, 5.74) is 0.981. The summed E-state index contributed by atoms with van der Waals surface area (Å²) in [6, 6.07) is 13.2. The van der Waals surface area contributed by atoms with E-state index in [4.69, 9.17) is 9.47 Å². The molecule has 0 bridgehead atoms. The maximum Gasteiger partial charge on any atom is 0.343 e. The summed E-state index contributed by atoms with van der Waals surface area (Å²) >= 11 is 0. The molecule has 6 heteroatoms. The summed E-state index contributed by atoms with van der Waals surface area (Å²) in [4.78, 5) is 21.8. The molecule has 0 heterocycles. The minimum Gasteiger partial charge on any atom is -0.493 e. The van der Waals surface area contributed by atoms with Crippen LogP contribution in [0, 0.1) is 10.1 Å². The van der Waals surface area contributed by atoms with Crippen LogP contribution in [-0.2, 0) is 0 Å². The molecule has 2 aromatic rings. The molecule has 6 nitrogen and oxygen atoms in total. The van der Waals surface area contributed by atoms with Gasteiger partial charge in [-0.1, -0.05) is 24.3 Å². The highest BCUT2D eigenvalue weighted by molar-refractivity contribution is 5.91. The number of ether oxygens (including phenoxy) is 2. The van der Waals surface area contributed by atoms with Crippen LogP contribution in [0.2, 0.25) is 0 Å². The quantitative estimate of drug-likeness (QED) is 0.367. The van der Waals surface area contributed by atoms with Crippen LogP contribution in [0.4, 0.5) is 0 Å². The third kappa shape index (κ3) is 3.92. The van der Waals surface area contributed by atoms with Crippen molar-refractivity contribution in [3.8, 4) is 11.5 Å². The van der Waals surface area contributed by atoms with Crippen LogP contribution >= 0.6 is 0 Å². The van der Waals surface area contributed by atoms with E-state index in [-0.39, 0.29) is 5.75 Å². The lowest BCUT2D eigenvalue weighted by Crippen LogP contribution is -2.09. The van der Waals surface area contributed by atoms with Crippen molar-refractivity contribution in [1.29, 1.82) is 0 Å². The van der Waals surface area contributed by atoms with Gasteiger partial charge in [0.05, 0.1) is 17.6 Å². The summed E-state index contributed by atoms with van der Waals surface area (Å²) in [7, 11) is 1.43. The number of esters is 1. The first-order valence-electron chi connectivity index (χ1n) is 6.37. The number of benzene rings is 2. The molecule has 0 saturated carbocycles. The minimum atomic E-state index is -0.560. The zero-order valence-electron chi connectivity index (χ0n) is 11.8. The summed E-state index contributed by atoms with van der Waals surface area (Å²) < 4.78 is 10.4. The van der Waals surface area contributed by atoms with E-state index in [9.17, 15) is 14.9 Å². The summed E-state index contributed by atoms with van der Waals surface area (Å²) in [5.74, 6) is 0.0527. The number of methoxy groups -OCH3 is 1. The van der Waals surface area contributed by atoms with E-state index in [0.717, 1.165) is 6.20 Å². The minimum absolute atomic E-state index is 0.245. The molecule has 0 saturated heterocycles. The smallest absolute Gasteiger partial charge is 0.343 e. The first-order chi connectivity index (χ1) is 10.6. The van der Waals surface area contributed by atoms with Gasteiger partial charge < -0.3 is 9.47 Å². The second-order valence-electron chi connectivity index (χ2n) is 4.27. The highest BCUT2D eigenvalue weighted by atomic mass is 16.6. The number of carbonyl (C=O) groups excluding carboxylic acids is 1. The Morgan fingerprint density at radius 2 is 1.86 bits per heavy atom. The Bertz CT molecular complexity index is 710. The number of nitrogens with zero attached hydrogens (tertiary/aromatic N) is 1. The van der Waals surface area contributed by atoms with Gasteiger partial charge in [0.1, 0.15) is 0 Å². The van der Waals surface area contributed by atoms with Gasteiger partial charge >= 0.3 is 5.97 Å². The molecule has 0 amide bonds. The number of hydrogen-bond acceptors (Lipinski definition) is 5. The van der Waals surface area contributed by atoms with Gasteiger partial charge in [-0.3, -0.25) is 10.1 Å². The zero-order valence-corrected chi connectivity index (χ0v) is 11.8. The Labute approximate surface area is 126 Å². The van der Waals surface area contributed by atoms with Crippen LogP contribution < -0.4 is 9.47 Å². The van der Waals surface area contributed by atoms with Crippen molar-refractivity contribution in [1.82, 2.24) is 0 Å². The van der Waals surface area contributed by atoms with Crippen molar-refractivity contribution in [2.24, 2.45) is 0 Å². The normalized spacial score (nSPS) is 10.4. The molecular weight excluding hydrogens is 286 g/mol. The number of hydrogen-bond donors (Lipinski definition) is 0. The lowest BCUT2D eigenvalue weighted by molar-refractivity contribution is -0.400. The Hall–Kier alpha value is -3.15. The molecule has 0 unspecified atom stereocenters. The van der Waals surface area contributed by atoms with Gasteiger partial charge in [-0.05, 0) is 29.8 Å². The largest absolute Gasteiger partial charge is 0.493 e. The highest BCUT2D eigenvalue weighted by Gasteiger charge is 2.12. The second-order valence-corrected chi connectivity index (χ2v) is 4.27. The van der Waals surface area contributed by atoms with Gasteiger partial charge in [0.25, 0.3) is 0 Å². The van der Waals surface area contributed by atoms with Gasteiger partial charge in [-0.25, -0.2) is 4.79 Å². The van der Waals surface area contributed by atoms with Crippen LogP contribution in [-0.4, -0.2) is 18.0 Å². The molecule has 0 spiro atoms. The Morgan fingerprint density at radius 1 is 1.14 bits per heavy atom. The lowest BCUT2D eigenvalue weighted by Gasteiger charge is -2.09. The van der Waals surface area contributed by atoms with E-state index in [1.54, 1.807) is 42.5 Å². The Balaban J connectivity index is 2.21. The van der Waals surface area contributed by atoms with Crippen molar-refractivity contribution in [2.75, 3.05) is 7.11 Å². The molecule has 0 fully saturated rings. The van der Waals surface area contributed by atoms with E-state index in [1.807, 2.05) is 0 Å². The zero-order chi connectivity index (χ0) is 15.9. The van der Waals surface area contributed by atoms with Gasteiger partial charge in [-0.2, -0.15) is 0 Å². The fraction of sp³-hybridized carbons (Fsp3) is 0.0625. The molecule has 22 heavy (non-hydrogen) atoms. The van der Waals surface area contributed by atoms with Crippen LogP contribution in [0.5, 0.6) is 11.5 Å². The maximum atomic E-state index is 12.0. The van der Waals surface area contributed by atoms with Gasteiger partial charge in [-0.15, -0.1) is 0 Å². The first kappa shape index (κ1) is 15.2. The summed E-state index contributed by atoms with van der Waals surface area (Å²) in [5, 5.41) is 10.3. The molecule has 0 atom stereocenters. The van der Waals surface area contributed by atoms with Crippen molar-refractivity contribution in [2.45, 2.75) is 0 Å². The third-order valence-electron chi connectivity index (χ3n) is 2.79. The Kier molecular flexibility index (Phi) is 4.87. The SMILES string of the molecule is COc1cc(/C=C/[N+](=O)[O-])ccc1OC(=O)c1ccccc1. The number of nitro groups is 1. The average Bonchev–Trinajstić information content (AvgIpc) is 2.54. The molecule has 112 valence electrons. The maximum absolute atomic E-state index is 12.0. The second kappa shape index (κ2) is 7.03. The molecule has 0 aliphatic carbocycles. The van der Waals surface area contributed by atoms with E-state index >= 15 is 0 Å². The lowest BCUT2D eigenvalue weighted by atomic mass is 10.2. The van der Waals surface area contributed by atoms with Crippen molar-refractivity contribution >= 4 is 12.0 Å². The molecule has 0 radical (unpaired) electrons. The number of rotatable bonds is 5. The Morgan fingerprint density at radius 3 is 2.50 bits per heavy atom. The van der Waals surface area contributed by atoms with E-state index in [2.05, 4.69) is 0 Å². The van der Waals surface area contributed by atoms with Crippen LogP contribution in [0.1, 0.15) is 15.9 Å². The molecule has 2 rings (SSSR count). The molecule has 0 N–H and O–H groups in total. The average molecular weight is 299 g/mol. The topological polar surface area (TPSA) is 78.7 Å².